The number of nitrogens with zero attached hydrogens (tertiary/aromatic N) is 4. The highest BCUT2D eigenvalue weighted by Gasteiger charge is 2.31. The van der Waals surface area contributed by atoms with Crippen molar-refractivity contribution < 1.29 is 0 Å². The van der Waals surface area contributed by atoms with Gasteiger partial charge in [-0.05, 0) is 12.8 Å². The van der Waals surface area contributed by atoms with E-state index < -0.39 is 0 Å². The lowest BCUT2D eigenvalue weighted by Crippen LogP contribution is -2.30. The molecule has 1 saturated carbocycles. The van der Waals surface area contributed by atoms with Crippen LogP contribution in [0.15, 0.2) is 12.7 Å². The van der Waals surface area contributed by atoms with Crippen molar-refractivity contribution >= 4 is 0 Å². The molecule has 0 spiro atoms. The number of rotatable bonds is 2. The highest BCUT2D eigenvalue weighted by molar-refractivity contribution is 5.18. The van der Waals surface area contributed by atoms with E-state index in [1.807, 2.05) is 6.33 Å². The molecular formula is C11H14N6. The summed E-state index contributed by atoms with van der Waals surface area (Å²) in [6.07, 6.45) is 7.02. The fourth-order valence-electron chi connectivity index (χ4n) is 2.49. The number of H-pyrrole nitrogens is 1. The SMILES string of the molecule is c1nc2c([nH]1)CNC(c1nncn1C1CC1)C2. The monoisotopic (exact) mass is 230 g/mol. The number of aromatic amines is 1. The van der Waals surface area contributed by atoms with Crippen molar-refractivity contribution in [3.8, 4) is 0 Å². The van der Waals surface area contributed by atoms with E-state index in [0.717, 1.165) is 24.5 Å². The second-order valence-electron chi connectivity index (χ2n) is 4.79. The molecule has 2 aromatic heterocycles. The maximum atomic E-state index is 4.35. The smallest absolute Gasteiger partial charge is 0.150 e. The molecule has 0 saturated heterocycles. The van der Waals surface area contributed by atoms with Gasteiger partial charge in [0.1, 0.15) is 6.33 Å². The molecule has 6 nitrogen and oxygen atoms in total. The quantitative estimate of drug-likeness (QED) is 0.797. The number of hydrogen-bond acceptors (Lipinski definition) is 4. The predicted octanol–water partition coefficient (Wildman–Crippen LogP) is 0.723. The van der Waals surface area contributed by atoms with E-state index >= 15 is 0 Å². The van der Waals surface area contributed by atoms with Crippen LogP contribution in [0.3, 0.4) is 0 Å². The first-order valence-electron chi connectivity index (χ1n) is 6.06. The summed E-state index contributed by atoms with van der Waals surface area (Å²) in [5.74, 6) is 1.06. The van der Waals surface area contributed by atoms with Gasteiger partial charge in [0.15, 0.2) is 5.82 Å². The Morgan fingerprint density at radius 3 is 3.18 bits per heavy atom. The molecule has 6 heteroatoms. The Morgan fingerprint density at radius 1 is 1.35 bits per heavy atom. The van der Waals surface area contributed by atoms with Crippen LogP contribution in [0.1, 0.15) is 42.1 Å². The maximum Gasteiger partial charge on any atom is 0.150 e. The van der Waals surface area contributed by atoms with Gasteiger partial charge in [0.25, 0.3) is 0 Å². The third kappa shape index (κ3) is 1.48. The molecule has 3 heterocycles. The lowest BCUT2D eigenvalue weighted by molar-refractivity contribution is 0.447. The Labute approximate surface area is 98.5 Å². The number of nitrogens with one attached hydrogen (secondary N) is 2. The van der Waals surface area contributed by atoms with Crippen molar-refractivity contribution in [1.29, 1.82) is 0 Å². The van der Waals surface area contributed by atoms with Crippen LogP contribution in [-0.4, -0.2) is 24.7 Å². The zero-order valence-electron chi connectivity index (χ0n) is 9.43. The number of hydrogen-bond donors (Lipinski definition) is 2. The summed E-state index contributed by atoms with van der Waals surface area (Å²) in [5.41, 5.74) is 2.35. The van der Waals surface area contributed by atoms with E-state index in [4.69, 9.17) is 0 Å². The Balaban J connectivity index is 1.65. The summed E-state index contributed by atoms with van der Waals surface area (Å²) in [5, 5.41) is 11.8. The summed E-state index contributed by atoms with van der Waals surface area (Å²) in [6, 6.07) is 0.872. The van der Waals surface area contributed by atoms with Crippen molar-refractivity contribution in [2.45, 2.75) is 37.9 Å². The summed E-state index contributed by atoms with van der Waals surface area (Å²) in [4.78, 5) is 7.51. The molecule has 0 radical (unpaired) electrons. The van der Waals surface area contributed by atoms with Gasteiger partial charge in [-0.15, -0.1) is 10.2 Å². The zero-order valence-corrected chi connectivity index (χ0v) is 9.43. The number of imidazole rings is 1. The second kappa shape index (κ2) is 3.40. The van der Waals surface area contributed by atoms with Gasteiger partial charge >= 0.3 is 0 Å². The van der Waals surface area contributed by atoms with E-state index in [2.05, 4.69) is 30.0 Å². The molecule has 0 aromatic carbocycles. The molecule has 4 rings (SSSR count). The molecule has 1 fully saturated rings. The van der Waals surface area contributed by atoms with Gasteiger partial charge in [-0.3, -0.25) is 0 Å². The average Bonchev–Trinajstić information content (AvgIpc) is 2.93. The summed E-state index contributed by atoms with van der Waals surface area (Å²) in [7, 11) is 0. The van der Waals surface area contributed by atoms with Gasteiger partial charge < -0.3 is 14.9 Å². The third-order valence-electron chi connectivity index (χ3n) is 3.58. The number of fused-ring (bicyclic) bond motifs is 1. The second-order valence-corrected chi connectivity index (χ2v) is 4.79. The van der Waals surface area contributed by atoms with Gasteiger partial charge in [0, 0.05) is 19.0 Å². The van der Waals surface area contributed by atoms with Gasteiger partial charge in [-0.1, -0.05) is 0 Å². The van der Waals surface area contributed by atoms with Crippen LogP contribution < -0.4 is 5.32 Å². The highest BCUT2D eigenvalue weighted by Crippen LogP contribution is 2.37. The van der Waals surface area contributed by atoms with Crippen LogP contribution >= 0.6 is 0 Å². The minimum absolute atomic E-state index is 0.244. The molecule has 88 valence electrons. The molecule has 1 unspecified atom stereocenters. The van der Waals surface area contributed by atoms with E-state index in [0.29, 0.717) is 6.04 Å². The van der Waals surface area contributed by atoms with Crippen molar-refractivity contribution in [2.75, 3.05) is 0 Å². The molecule has 1 atom stereocenters. The first-order chi connectivity index (χ1) is 8.42. The van der Waals surface area contributed by atoms with Crippen LogP contribution in [0.2, 0.25) is 0 Å². The average molecular weight is 230 g/mol. The van der Waals surface area contributed by atoms with Crippen molar-refractivity contribution in [1.82, 2.24) is 30.0 Å². The topological polar surface area (TPSA) is 71.4 Å². The predicted molar refractivity (Wildman–Crippen MR) is 60.2 cm³/mol. The van der Waals surface area contributed by atoms with Crippen LogP contribution in [-0.2, 0) is 13.0 Å². The van der Waals surface area contributed by atoms with Crippen LogP contribution in [0, 0.1) is 0 Å². The van der Waals surface area contributed by atoms with Crippen molar-refractivity contribution in [3.63, 3.8) is 0 Å². The van der Waals surface area contributed by atoms with E-state index in [1.54, 1.807) is 6.33 Å². The largest absolute Gasteiger partial charge is 0.347 e. The molecule has 0 amide bonds. The first kappa shape index (κ1) is 9.35. The van der Waals surface area contributed by atoms with Crippen molar-refractivity contribution in [3.05, 3.63) is 29.9 Å². The molecule has 2 aromatic rings. The molecular weight excluding hydrogens is 216 g/mol. The van der Waals surface area contributed by atoms with Gasteiger partial charge in [-0.25, -0.2) is 4.98 Å². The van der Waals surface area contributed by atoms with Gasteiger partial charge in [0.05, 0.1) is 23.8 Å². The lowest BCUT2D eigenvalue weighted by Gasteiger charge is -2.22. The normalized spacial score (nSPS) is 23.6. The Morgan fingerprint density at radius 2 is 2.29 bits per heavy atom. The molecule has 2 N–H and O–H groups in total. The summed E-state index contributed by atoms with van der Waals surface area (Å²) in [6.45, 7) is 0.831. The van der Waals surface area contributed by atoms with E-state index in [1.165, 1.54) is 18.5 Å². The Hall–Kier alpha value is -1.69. The van der Waals surface area contributed by atoms with Crippen LogP contribution in [0.25, 0.3) is 0 Å². The summed E-state index contributed by atoms with van der Waals surface area (Å²) < 4.78 is 2.22. The Bertz CT molecular complexity index is 538. The minimum Gasteiger partial charge on any atom is -0.347 e. The van der Waals surface area contributed by atoms with Gasteiger partial charge in [-0.2, -0.15) is 0 Å². The minimum atomic E-state index is 0.244. The standard InChI is InChI=1S/C11H14N6/c1-2-7(1)17-6-15-16-11(17)9-3-8-10(4-12-9)14-5-13-8/h5-7,9,12H,1-4H2,(H,13,14). The molecule has 2 aliphatic rings. The lowest BCUT2D eigenvalue weighted by atomic mass is 10.0. The van der Waals surface area contributed by atoms with E-state index in [9.17, 15) is 0 Å². The maximum absolute atomic E-state index is 4.35. The summed E-state index contributed by atoms with van der Waals surface area (Å²) >= 11 is 0. The fourth-order valence-corrected chi connectivity index (χ4v) is 2.49. The fraction of sp³-hybridized carbons (Fsp3) is 0.545. The van der Waals surface area contributed by atoms with Crippen LogP contribution in [0.4, 0.5) is 0 Å². The molecule has 17 heavy (non-hydrogen) atoms. The van der Waals surface area contributed by atoms with Crippen LogP contribution in [0.5, 0.6) is 0 Å². The van der Waals surface area contributed by atoms with E-state index in [-0.39, 0.29) is 6.04 Å². The molecule has 1 aliphatic carbocycles. The Kier molecular flexibility index (Phi) is 1.87. The number of aromatic nitrogens is 5. The third-order valence-corrected chi connectivity index (χ3v) is 3.58. The molecule has 0 bridgehead atoms. The zero-order chi connectivity index (χ0) is 11.2. The van der Waals surface area contributed by atoms with Crippen molar-refractivity contribution in [2.24, 2.45) is 0 Å². The van der Waals surface area contributed by atoms with Gasteiger partial charge in [0.2, 0.25) is 0 Å². The first-order valence-corrected chi connectivity index (χ1v) is 6.06. The molecule has 1 aliphatic heterocycles. The highest BCUT2D eigenvalue weighted by atomic mass is 15.3.